The van der Waals surface area contributed by atoms with Gasteiger partial charge >= 0.3 is 0 Å². The van der Waals surface area contributed by atoms with Gasteiger partial charge in [-0.2, -0.15) is 0 Å². The van der Waals surface area contributed by atoms with Gasteiger partial charge in [-0.05, 0) is 48.2 Å². The normalized spacial score (nSPS) is 13.3. The van der Waals surface area contributed by atoms with Gasteiger partial charge in [0.05, 0.1) is 6.42 Å². The summed E-state index contributed by atoms with van der Waals surface area (Å²) in [6, 6.07) is 15.3. The zero-order valence-electron chi connectivity index (χ0n) is 14.4. The van der Waals surface area contributed by atoms with Gasteiger partial charge in [0.25, 0.3) is 0 Å². The Balaban J connectivity index is 1.55. The monoisotopic (exact) mass is 337 g/mol. The summed E-state index contributed by atoms with van der Waals surface area (Å²) in [6.07, 6.45) is 2.50. The van der Waals surface area contributed by atoms with E-state index in [1.807, 2.05) is 41.3 Å². The molecule has 1 saturated carbocycles. The van der Waals surface area contributed by atoms with E-state index in [0.717, 1.165) is 29.7 Å². The highest BCUT2D eigenvalue weighted by Crippen LogP contribution is 2.28. The Bertz CT molecular complexity index is 750. The second-order valence-electron chi connectivity index (χ2n) is 6.54. The van der Waals surface area contributed by atoms with E-state index in [-0.39, 0.29) is 11.8 Å². The summed E-state index contributed by atoms with van der Waals surface area (Å²) in [5.41, 5.74) is 9.08. The molecule has 0 aromatic heterocycles. The third-order valence-electron chi connectivity index (χ3n) is 4.33. The Morgan fingerprint density at radius 1 is 1.04 bits per heavy atom. The first-order valence-corrected chi connectivity index (χ1v) is 8.51. The number of nitrogens with one attached hydrogen (secondary N) is 1. The van der Waals surface area contributed by atoms with Crippen molar-refractivity contribution in [1.29, 1.82) is 0 Å². The molecule has 1 aliphatic carbocycles. The SMILES string of the molecule is CC(=O)N(Cc1ccc(NC(=O)Cc2ccc(N)cc2)cc1)C1CC1. The molecule has 0 heterocycles. The summed E-state index contributed by atoms with van der Waals surface area (Å²) in [6.45, 7) is 2.24. The zero-order valence-corrected chi connectivity index (χ0v) is 14.4. The minimum atomic E-state index is -0.0686. The lowest BCUT2D eigenvalue weighted by atomic mass is 10.1. The fraction of sp³-hybridized carbons (Fsp3) is 0.300. The van der Waals surface area contributed by atoms with Gasteiger partial charge in [0.2, 0.25) is 11.8 Å². The van der Waals surface area contributed by atoms with Crippen LogP contribution in [0.1, 0.15) is 30.9 Å². The van der Waals surface area contributed by atoms with E-state index in [2.05, 4.69) is 5.32 Å². The first-order valence-electron chi connectivity index (χ1n) is 8.51. The molecule has 0 aliphatic heterocycles. The lowest BCUT2D eigenvalue weighted by Gasteiger charge is -2.20. The highest BCUT2D eigenvalue weighted by molar-refractivity contribution is 5.92. The molecule has 5 heteroatoms. The van der Waals surface area contributed by atoms with Crippen LogP contribution in [0, 0.1) is 0 Å². The Kier molecular flexibility index (Phi) is 5.03. The van der Waals surface area contributed by atoms with Crippen LogP contribution in [0.3, 0.4) is 0 Å². The summed E-state index contributed by atoms with van der Waals surface area (Å²) in [7, 11) is 0. The number of amides is 2. The maximum absolute atomic E-state index is 12.1. The topological polar surface area (TPSA) is 75.4 Å². The predicted octanol–water partition coefficient (Wildman–Crippen LogP) is 2.96. The number of nitrogen functional groups attached to an aromatic ring is 1. The van der Waals surface area contributed by atoms with Gasteiger partial charge in [0.1, 0.15) is 0 Å². The molecule has 3 rings (SSSR count). The molecule has 1 fully saturated rings. The van der Waals surface area contributed by atoms with Crippen LogP contribution in [0.2, 0.25) is 0 Å². The lowest BCUT2D eigenvalue weighted by molar-refractivity contribution is -0.130. The van der Waals surface area contributed by atoms with Crippen molar-refractivity contribution >= 4 is 23.2 Å². The molecule has 5 nitrogen and oxygen atoms in total. The molecule has 0 radical (unpaired) electrons. The third-order valence-corrected chi connectivity index (χ3v) is 4.33. The number of benzene rings is 2. The maximum atomic E-state index is 12.1. The van der Waals surface area contributed by atoms with Gasteiger partial charge < -0.3 is 16.0 Å². The third kappa shape index (κ3) is 4.83. The number of carbonyl (C=O) groups excluding carboxylic acids is 2. The number of rotatable bonds is 6. The van der Waals surface area contributed by atoms with E-state index in [1.54, 1.807) is 19.1 Å². The van der Waals surface area contributed by atoms with Crippen molar-refractivity contribution in [3.8, 4) is 0 Å². The molecule has 0 bridgehead atoms. The molecule has 2 amide bonds. The van der Waals surface area contributed by atoms with Crippen molar-refractivity contribution < 1.29 is 9.59 Å². The standard InChI is InChI=1S/C20H23N3O2/c1-14(24)23(19-10-11-19)13-16-4-8-18(9-5-16)22-20(25)12-15-2-6-17(21)7-3-15/h2-9,19H,10-13,21H2,1H3,(H,22,25). The van der Waals surface area contributed by atoms with Crippen LogP contribution < -0.4 is 11.1 Å². The Labute approximate surface area is 147 Å². The molecule has 2 aromatic carbocycles. The van der Waals surface area contributed by atoms with Gasteiger partial charge in [0.15, 0.2) is 0 Å². The van der Waals surface area contributed by atoms with Crippen molar-refractivity contribution in [3.63, 3.8) is 0 Å². The summed E-state index contributed by atoms with van der Waals surface area (Å²) < 4.78 is 0. The fourth-order valence-electron chi connectivity index (χ4n) is 2.80. The van der Waals surface area contributed by atoms with E-state index in [9.17, 15) is 9.59 Å². The van der Waals surface area contributed by atoms with Crippen LogP contribution >= 0.6 is 0 Å². The first kappa shape index (κ1) is 17.0. The quantitative estimate of drug-likeness (QED) is 0.796. The first-order chi connectivity index (χ1) is 12.0. The predicted molar refractivity (Wildman–Crippen MR) is 98.9 cm³/mol. The molecule has 3 N–H and O–H groups in total. The minimum absolute atomic E-state index is 0.0686. The summed E-state index contributed by atoms with van der Waals surface area (Å²) in [5.74, 6) is 0.0456. The van der Waals surface area contributed by atoms with Crippen molar-refractivity contribution in [3.05, 3.63) is 59.7 Å². The summed E-state index contributed by atoms with van der Waals surface area (Å²) in [4.78, 5) is 25.7. The molecule has 0 saturated heterocycles. The maximum Gasteiger partial charge on any atom is 0.228 e. The van der Waals surface area contributed by atoms with Gasteiger partial charge in [-0.25, -0.2) is 0 Å². The zero-order chi connectivity index (χ0) is 17.8. The van der Waals surface area contributed by atoms with Crippen molar-refractivity contribution in [2.24, 2.45) is 0 Å². The molecular weight excluding hydrogens is 314 g/mol. The van der Waals surface area contributed by atoms with Gasteiger partial charge in [-0.3, -0.25) is 9.59 Å². The average molecular weight is 337 g/mol. The fourth-order valence-corrected chi connectivity index (χ4v) is 2.80. The molecule has 1 aliphatic rings. The molecule has 25 heavy (non-hydrogen) atoms. The highest BCUT2D eigenvalue weighted by atomic mass is 16.2. The van der Waals surface area contributed by atoms with Crippen LogP contribution in [0.25, 0.3) is 0 Å². The van der Waals surface area contributed by atoms with Crippen LogP contribution in [-0.4, -0.2) is 22.8 Å². The Morgan fingerprint density at radius 3 is 2.20 bits per heavy atom. The van der Waals surface area contributed by atoms with E-state index >= 15 is 0 Å². The average Bonchev–Trinajstić information content (AvgIpc) is 3.41. The summed E-state index contributed by atoms with van der Waals surface area (Å²) >= 11 is 0. The number of anilines is 2. The number of hydrogen-bond donors (Lipinski definition) is 2. The van der Waals surface area contributed by atoms with Crippen molar-refractivity contribution in [2.45, 2.75) is 38.8 Å². The Morgan fingerprint density at radius 2 is 1.64 bits per heavy atom. The second kappa shape index (κ2) is 7.38. The van der Waals surface area contributed by atoms with Crippen LogP contribution in [-0.2, 0) is 22.6 Å². The number of nitrogens with zero attached hydrogens (tertiary/aromatic N) is 1. The molecule has 0 atom stereocenters. The van der Waals surface area contributed by atoms with Crippen molar-refractivity contribution in [2.75, 3.05) is 11.1 Å². The Hall–Kier alpha value is -2.82. The smallest absolute Gasteiger partial charge is 0.228 e. The van der Waals surface area contributed by atoms with Gasteiger partial charge in [0, 0.05) is 30.9 Å². The molecule has 2 aromatic rings. The molecule has 0 spiro atoms. The van der Waals surface area contributed by atoms with Gasteiger partial charge in [-0.1, -0.05) is 24.3 Å². The van der Waals surface area contributed by atoms with Gasteiger partial charge in [-0.15, -0.1) is 0 Å². The second-order valence-corrected chi connectivity index (χ2v) is 6.54. The number of carbonyl (C=O) groups is 2. The van der Waals surface area contributed by atoms with E-state index in [1.165, 1.54) is 0 Å². The number of hydrogen-bond acceptors (Lipinski definition) is 3. The van der Waals surface area contributed by atoms with E-state index in [0.29, 0.717) is 24.7 Å². The minimum Gasteiger partial charge on any atom is -0.399 e. The molecule has 0 unspecified atom stereocenters. The highest BCUT2D eigenvalue weighted by Gasteiger charge is 2.30. The van der Waals surface area contributed by atoms with Crippen molar-refractivity contribution in [1.82, 2.24) is 4.90 Å². The summed E-state index contributed by atoms with van der Waals surface area (Å²) in [5, 5.41) is 2.89. The largest absolute Gasteiger partial charge is 0.399 e. The molecule has 130 valence electrons. The van der Waals surface area contributed by atoms with E-state index < -0.39 is 0 Å². The van der Waals surface area contributed by atoms with E-state index in [4.69, 9.17) is 5.73 Å². The number of nitrogens with two attached hydrogens (primary N) is 1. The van der Waals surface area contributed by atoms with Crippen LogP contribution in [0.15, 0.2) is 48.5 Å². The van der Waals surface area contributed by atoms with Crippen LogP contribution in [0.4, 0.5) is 11.4 Å². The molecular formula is C20H23N3O2. The van der Waals surface area contributed by atoms with Crippen LogP contribution in [0.5, 0.6) is 0 Å². The lowest BCUT2D eigenvalue weighted by Crippen LogP contribution is -2.30.